The molecule has 0 heterocycles. The van der Waals surface area contributed by atoms with Gasteiger partial charge in [0.1, 0.15) is 5.75 Å². The molecule has 0 spiro atoms. The van der Waals surface area contributed by atoms with Gasteiger partial charge in [0.05, 0.1) is 24.7 Å². The van der Waals surface area contributed by atoms with Gasteiger partial charge in [0, 0.05) is 17.1 Å². The molecular weight excluding hydrogens is 432 g/mol. The second-order valence-electron chi connectivity index (χ2n) is 8.53. The molecule has 1 N–H and O–H groups in total. The molecule has 31 heavy (non-hydrogen) atoms. The third kappa shape index (κ3) is 11.2. The van der Waals surface area contributed by atoms with Crippen LogP contribution < -0.4 is 0 Å². The van der Waals surface area contributed by atoms with Crippen LogP contribution in [0.1, 0.15) is 77.0 Å². The second-order valence-corrected chi connectivity index (χ2v) is 10.5. The zero-order valence-corrected chi connectivity index (χ0v) is 21.3. The van der Waals surface area contributed by atoms with E-state index in [-0.39, 0.29) is 28.9 Å². The van der Waals surface area contributed by atoms with Crippen molar-refractivity contribution in [2.24, 2.45) is 0 Å². The lowest BCUT2D eigenvalue weighted by Crippen LogP contribution is -2.13. The number of carbonyl (C=O) groups excluding carboxylic acids is 2. The number of hydrogen-bond acceptors (Lipinski definition) is 7. The maximum Gasteiger partial charge on any atom is 0.315 e. The van der Waals surface area contributed by atoms with Gasteiger partial charge in [0.2, 0.25) is 0 Å². The molecule has 1 aromatic rings. The summed E-state index contributed by atoms with van der Waals surface area (Å²) in [7, 11) is 0. The largest absolute Gasteiger partial charge is 0.507 e. The Labute approximate surface area is 196 Å². The lowest BCUT2D eigenvalue weighted by molar-refractivity contribution is -0.141. The Balaban J connectivity index is 2.73. The van der Waals surface area contributed by atoms with Crippen molar-refractivity contribution < 1.29 is 24.2 Å². The Hall–Kier alpha value is -1.34. The average Bonchev–Trinajstić information content (AvgIpc) is 2.69. The number of esters is 2. The summed E-state index contributed by atoms with van der Waals surface area (Å²) in [5.74, 6) is 1.62. The highest BCUT2D eigenvalue weighted by molar-refractivity contribution is 7.99. The summed E-state index contributed by atoms with van der Waals surface area (Å²) in [5.41, 5.74) is 2.51. The summed E-state index contributed by atoms with van der Waals surface area (Å²) in [6.07, 6.45) is 3.75. The van der Waals surface area contributed by atoms with Crippen LogP contribution in [-0.4, -0.2) is 41.8 Å². The maximum absolute atomic E-state index is 11.8. The van der Waals surface area contributed by atoms with Crippen molar-refractivity contribution in [2.45, 2.75) is 77.2 Å². The monoisotopic (exact) mass is 470 g/mol. The minimum absolute atomic E-state index is 0.189. The molecule has 0 aliphatic rings. The molecule has 0 saturated carbocycles. The minimum Gasteiger partial charge on any atom is -0.507 e. The first-order valence-corrected chi connectivity index (χ1v) is 13.3. The van der Waals surface area contributed by atoms with E-state index in [1.807, 2.05) is 12.1 Å². The molecule has 0 aliphatic carbocycles. The van der Waals surface area contributed by atoms with Gasteiger partial charge in [-0.15, -0.1) is 23.5 Å². The predicted molar refractivity (Wildman–Crippen MR) is 131 cm³/mol. The van der Waals surface area contributed by atoms with Crippen LogP contribution >= 0.6 is 23.5 Å². The van der Waals surface area contributed by atoms with Gasteiger partial charge < -0.3 is 14.6 Å². The Kier molecular flexibility index (Phi) is 13.1. The number of thioether (sulfide) groups is 2. The number of hydrogen-bond donors (Lipinski definition) is 1. The molecule has 0 atom stereocenters. The highest BCUT2D eigenvalue weighted by Gasteiger charge is 2.21. The number of aromatic hydroxyl groups is 1. The first-order valence-electron chi connectivity index (χ1n) is 11.0. The molecule has 0 fully saturated rings. The lowest BCUT2D eigenvalue weighted by Gasteiger charge is -2.23. The van der Waals surface area contributed by atoms with E-state index < -0.39 is 0 Å². The number of rotatable bonds is 14. The molecule has 7 heteroatoms. The van der Waals surface area contributed by atoms with Gasteiger partial charge in [0.25, 0.3) is 0 Å². The molecule has 0 aromatic heterocycles. The SMILES string of the molecule is CCCCOC(=O)CSCc1cc(CSCC(=O)OCCCC)c(O)c(C(C)(C)C)c1. The van der Waals surface area contributed by atoms with Crippen LogP contribution in [0.3, 0.4) is 0 Å². The molecule has 0 aliphatic heterocycles. The fraction of sp³-hybridized carbons (Fsp3) is 0.667. The number of phenolic OH excluding ortho intramolecular Hbond substituents is 1. The zero-order valence-electron chi connectivity index (χ0n) is 19.6. The van der Waals surface area contributed by atoms with Crippen molar-refractivity contribution in [3.63, 3.8) is 0 Å². The summed E-state index contributed by atoms with van der Waals surface area (Å²) in [6.45, 7) is 11.2. The quantitative estimate of drug-likeness (QED) is 0.270. The lowest BCUT2D eigenvalue weighted by atomic mass is 9.84. The van der Waals surface area contributed by atoms with Gasteiger partial charge in [-0.25, -0.2) is 0 Å². The average molecular weight is 471 g/mol. The molecule has 1 rings (SSSR count). The Bertz CT molecular complexity index is 698. The number of unbranched alkanes of at least 4 members (excludes halogenated alkanes) is 2. The van der Waals surface area contributed by atoms with Gasteiger partial charge in [-0.05, 0) is 29.4 Å². The predicted octanol–water partition coefficient (Wildman–Crippen LogP) is 5.84. The van der Waals surface area contributed by atoms with Crippen molar-refractivity contribution >= 4 is 35.5 Å². The van der Waals surface area contributed by atoms with E-state index in [2.05, 4.69) is 34.6 Å². The first kappa shape index (κ1) is 27.7. The number of carbonyl (C=O) groups is 2. The van der Waals surface area contributed by atoms with Crippen molar-refractivity contribution in [1.82, 2.24) is 0 Å². The van der Waals surface area contributed by atoms with Crippen LogP contribution in [0.15, 0.2) is 12.1 Å². The first-order chi connectivity index (χ1) is 14.7. The van der Waals surface area contributed by atoms with Gasteiger partial charge in [-0.3, -0.25) is 9.59 Å². The van der Waals surface area contributed by atoms with Crippen LogP contribution in [0.4, 0.5) is 0 Å². The molecule has 1 aromatic carbocycles. The summed E-state index contributed by atoms with van der Waals surface area (Å²) in [4.78, 5) is 23.7. The summed E-state index contributed by atoms with van der Waals surface area (Å²) < 4.78 is 10.4. The van der Waals surface area contributed by atoms with Crippen molar-refractivity contribution in [2.75, 3.05) is 24.7 Å². The van der Waals surface area contributed by atoms with Crippen LogP contribution in [0.2, 0.25) is 0 Å². The highest BCUT2D eigenvalue weighted by Crippen LogP contribution is 2.37. The minimum atomic E-state index is -0.220. The van der Waals surface area contributed by atoms with E-state index in [0.717, 1.165) is 42.4 Å². The summed E-state index contributed by atoms with van der Waals surface area (Å²) in [5, 5.41) is 10.8. The Morgan fingerprint density at radius 3 is 1.90 bits per heavy atom. The van der Waals surface area contributed by atoms with Crippen LogP contribution in [-0.2, 0) is 36.0 Å². The number of phenols is 1. The molecule has 0 saturated heterocycles. The second kappa shape index (κ2) is 14.7. The van der Waals surface area contributed by atoms with Crippen molar-refractivity contribution in [1.29, 1.82) is 0 Å². The van der Waals surface area contributed by atoms with Crippen molar-refractivity contribution in [3.8, 4) is 5.75 Å². The zero-order chi connectivity index (χ0) is 23.3. The van der Waals surface area contributed by atoms with E-state index in [1.54, 1.807) is 0 Å². The number of benzene rings is 1. The third-order valence-corrected chi connectivity index (χ3v) is 6.48. The summed E-state index contributed by atoms with van der Waals surface area (Å²) >= 11 is 2.95. The van der Waals surface area contributed by atoms with E-state index >= 15 is 0 Å². The Morgan fingerprint density at radius 2 is 1.42 bits per heavy atom. The van der Waals surface area contributed by atoms with Gasteiger partial charge in [-0.2, -0.15) is 0 Å². The van der Waals surface area contributed by atoms with E-state index in [0.29, 0.717) is 30.5 Å². The normalized spacial score (nSPS) is 11.4. The molecule has 0 radical (unpaired) electrons. The molecule has 0 bridgehead atoms. The molecular formula is C24H38O5S2. The van der Waals surface area contributed by atoms with Crippen LogP contribution in [0.5, 0.6) is 5.75 Å². The Morgan fingerprint density at radius 1 is 0.903 bits per heavy atom. The van der Waals surface area contributed by atoms with Crippen LogP contribution in [0.25, 0.3) is 0 Å². The third-order valence-electron chi connectivity index (χ3n) is 4.54. The highest BCUT2D eigenvalue weighted by atomic mass is 32.2. The standard InChI is InChI=1S/C24H38O5S2/c1-6-8-10-28-21(25)16-30-14-18-12-19(23(27)20(13-18)24(3,4)5)15-31-17-22(26)29-11-9-7-2/h12-13,27H,6-11,14-17H2,1-5H3. The molecule has 0 amide bonds. The number of ether oxygens (including phenoxy) is 2. The van der Waals surface area contributed by atoms with E-state index in [4.69, 9.17) is 9.47 Å². The maximum atomic E-state index is 11.8. The fourth-order valence-electron chi connectivity index (χ4n) is 2.77. The van der Waals surface area contributed by atoms with Crippen molar-refractivity contribution in [3.05, 3.63) is 28.8 Å². The van der Waals surface area contributed by atoms with Gasteiger partial charge in [0.15, 0.2) is 0 Å². The smallest absolute Gasteiger partial charge is 0.315 e. The fourth-order valence-corrected chi connectivity index (χ4v) is 4.31. The van der Waals surface area contributed by atoms with E-state index in [9.17, 15) is 14.7 Å². The van der Waals surface area contributed by atoms with E-state index in [1.165, 1.54) is 23.5 Å². The summed E-state index contributed by atoms with van der Waals surface area (Å²) in [6, 6.07) is 3.98. The topological polar surface area (TPSA) is 72.8 Å². The molecule has 5 nitrogen and oxygen atoms in total. The molecule has 176 valence electrons. The molecule has 0 unspecified atom stereocenters. The van der Waals surface area contributed by atoms with Gasteiger partial charge in [-0.1, -0.05) is 59.6 Å². The van der Waals surface area contributed by atoms with Crippen LogP contribution in [0, 0.1) is 0 Å². The van der Waals surface area contributed by atoms with Gasteiger partial charge >= 0.3 is 11.9 Å².